The fourth-order valence-corrected chi connectivity index (χ4v) is 4.87. The molecule has 0 aromatic heterocycles. The van der Waals surface area contributed by atoms with Crippen LogP contribution in [0, 0.1) is 6.92 Å². The van der Waals surface area contributed by atoms with Gasteiger partial charge in [0, 0.05) is 5.39 Å². The standard InChI is InChI=1S/C23H34O3S/c1-3-4-5-6-7-8-9-10-11-14-19-26-27(24,25)23-20(2)17-18-21-15-12-13-16-22(21)23/h12-13,15-18H,3-11,14,19H2,1-2H3. The lowest BCUT2D eigenvalue weighted by atomic mass is 10.1. The van der Waals surface area contributed by atoms with E-state index >= 15 is 0 Å². The first-order valence-corrected chi connectivity index (χ1v) is 11.8. The van der Waals surface area contributed by atoms with Gasteiger partial charge < -0.3 is 0 Å². The average molecular weight is 391 g/mol. The van der Waals surface area contributed by atoms with Crippen molar-refractivity contribution in [2.24, 2.45) is 0 Å². The Labute approximate surface area is 165 Å². The maximum Gasteiger partial charge on any atom is 0.297 e. The maximum absolute atomic E-state index is 12.7. The normalized spacial score (nSPS) is 11.9. The zero-order valence-corrected chi connectivity index (χ0v) is 17.7. The molecule has 0 bridgehead atoms. The van der Waals surface area contributed by atoms with E-state index in [9.17, 15) is 8.42 Å². The number of rotatable bonds is 13. The summed E-state index contributed by atoms with van der Waals surface area (Å²) >= 11 is 0. The van der Waals surface area contributed by atoms with E-state index < -0.39 is 10.1 Å². The molecular weight excluding hydrogens is 356 g/mol. The first-order chi connectivity index (χ1) is 13.1. The smallest absolute Gasteiger partial charge is 0.266 e. The fraction of sp³-hybridized carbons (Fsp3) is 0.565. The third-order valence-corrected chi connectivity index (χ3v) is 6.58. The van der Waals surface area contributed by atoms with Gasteiger partial charge in [0.1, 0.15) is 4.90 Å². The van der Waals surface area contributed by atoms with E-state index in [1.165, 1.54) is 44.9 Å². The van der Waals surface area contributed by atoms with E-state index in [4.69, 9.17) is 4.18 Å². The van der Waals surface area contributed by atoms with Crippen LogP contribution in [0.2, 0.25) is 0 Å². The lowest BCUT2D eigenvalue weighted by Gasteiger charge is -2.11. The minimum Gasteiger partial charge on any atom is -0.266 e. The van der Waals surface area contributed by atoms with Gasteiger partial charge in [-0.25, -0.2) is 0 Å². The van der Waals surface area contributed by atoms with Crippen LogP contribution in [-0.2, 0) is 14.3 Å². The minimum atomic E-state index is -3.73. The molecule has 0 atom stereocenters. The molecule has 0 unspecified atom stereocenters. The van der Waals surface area contributed by atoms with Crippen molar-refractivity contribution in [3.63, 3.8) is 0 Å². The van der Waals surface area contributed by atoms with Gasteiger partial charge >= 0.3 is 0 Å². The molecule has 0 aliphatic rings. The van der Waals surface area contributed by atoms with Gasteiger partial charge in [0.05, 0.1) is 6.61 Å². The summed E-state index contributed by atoms with van der Waals surface area (Å²) in [5, 5.41) is 1.66. The molecule has 2 aromatic rings. The Morgan fingerprint density at radius 2 is 1.37 bits per heavy atom. The Bertz CT molecular complexity index is 796. The second-order valence-electron chi connectivity index (χ2n) is 7.39. The summed E-state index contributed by atoms with van der Waals surface area (Å²) in [6, 6.07) is 11.3. The molecule has 0 spiro atoms. The highest BCUT2D eigenvalue weighted by molar-refractivity contribution is 7.87. The summed E-state index contributed by atoms with van der Waals surface area (Å²) in [5.41, 5.74) is 0.733. The summed E-state index contributed by atoms with van der Waals surface area (Å²) in [4.78, 5) is 0.313. The fourth-order valence-electron chi connectivity index (χ4n) is 3.50. The molecule has 0 aliphatic heterocycles. The summed E-state index contributed by atoms with van der Waals surface area (Å²) in [7, 11) is -3.73. The molecule has 0 saturated carbocycles. The van der Waals surface area contributed by atoms with Gasteiger partial charge in [-0.15, -0.1) is 0 Å². The summed E-state index contributed by atoms with van der Waals surface area (Å²) in [6.07, 6.45) is 12.2. The maximum atomic E-state index is 12.7. The van der Waals surface area contributed by atoms with Crippen molar-refractivity contribution < 1.29 is 12.6 Å². The van der Waals surface area contributed by atoms with Crippen LogP contribution in [0.15, 0.2) is 41.3 Å². The van der Waals surface area contributed by atoms with E-state index in [0.29, 0.717) is 4.90 Å². The van der Waals surface area contributed by atoms with Crippen LogP contribution in [0.5, 0.6) is 0 Å². The molecule has 0 saturated heterocycles. The second kappa shape index (κ2) is 11.5. The molecule has 27 heavy (non-hydrogen) atoms. The minimum absolute atomic E-state index is 0.265. The van der Waals surface area contributed by atoms with Gasteiger partial charge in [0.15, 0.2) is 0 Å². The molecular formula is C23H34O3S. The number of fused-ring (bicyclic) bond motifs is 1. The van der Waals surface area contributed by atoms with Crippen LogP contribution in [-0.4, -0.2) is 15.0 Å². The van der Waals surface area contributed by atoms with E-state index in [2.05, 4.69) is 6.92 Å². The van der Waals surface area contributed by atoms with Crippen LogP contribution >= 0.6 is 0 Å². The van der Waals surface area contributed by atoms with Crippen molar-refractivity contribution in [1.82, 2.24) is 0 Å². The van der Waals surface area contributed by atoms with Crippen LogP contribution < -0.4 is 0 Å². The molecule has 4 heteroatoms. The number of unbranched alkanes of at least 4 members (excludes halogenated alkanes) is 9. The van der Waals surface area contributed by atoms with E-state index in [0.717, 1.165) is 35.6 Å². The highest BCUT2D eigenvalue weighted by Gasteiger charge is 2.20. The van der Waals surface area contributed by atoms with Crippen molar-refractivity contribution in [3.8, 4) is 0 Å². The summed E-state index contributed by atoms with van der Waals surface area (Å²) < 4.78 is 30.8. The van der Waals surface area contributed by atoms with E-state index in [-0.39, 0.29) is 6.61 Å². The third kappa shape index (κ3) is 6.93. The highest BCUT2D eigenvalue weighted by atomic mass is 32.2. The molecule has 0 fully saturated rings. The van der Waals surface area contributed by atoms with Crippen LogP contribution in [0.3, 0.4) is 0 Å². The molecule has 0 radical (unpaired) electrons. The summed E-state index contributed by atoms with van der Waals surface area (Å²) in [5.74, 6) is 0. The molecule has 0 aliphatic carbocycles. The molecule has 2 aromatic carbocycles. The Hall–Kier alpha value is -1.39. The monoisotopic (exact) mass is 390 g/mol. The molecule has 2 rings (SSSR count). The Kier molecular flexibility index (Phi) is 9.29. The van der Waals surface area contributed by atoms with Gasteiger partial charge in [0.25, 0.3) is 10.1 Å². The Morgan fingerprint density at radius 1 is 0.778 bits per heavy atom. The van der Waals surface area contributed by atoms with Crippen molar-refractivity contribution >= 4 is 20.9 Å². The van der Waals surface area contributed by atoms with Gasteiger partial charge in [-0.3, -0.25) is 4.18 Å². The molecule has 3 nitrogen and oxygen atoms in total. The zero-order chi connectivity index (χ0) is 19.5. The third-order valence-electron chi connectivity index (χ3n) is 5.06. The molecule has 0 heterocycles. The number of hydrogen-bond donors (Lipinski definition) is 0. The van der Waals surface area contributed by atoms with Crippen LogP contribution in [0.4, 0.5) is 0 Å². The van der Waals surface area contributed by atoms with Crippen molar-refractivity contribution in [3.05, 3.63) is 42.0 Å². The van der Waals surface area contributed by atoms with Crippen LogP contribution in [0.25, 0.3) is 10.8 Å². The van der Waals surface area contributed by atoms with Gasteiger partial charge in [0.2, 0.25) is 0 Å². The number of benzene rings is 2. The SMILES string of the molecule is CCCCCCCCCCCCOS(=O)(=O)c1c(C)ccc2ccccc12. The zero-order valence-electron chi connectivity index (χ0n) is 16.9. The Balaban J connectivity index is 1.74. The topological polar surface area (TPSA) is 43.4 Å². The van der Waals surface area contributed by atoms with Crippen molar-refractivity contribution in [2.45, 2.75) is 83.0 Å². The molecule has 0 N–H and O–H groups in total. The molecule has 150 valence electrons. The van der Waals surface area contributed by atoms with Crippen molar-refractivity contribution in [1.29, 1.82) is 0 Å². The first-order valence-electron chi connectivity index (χ1n) is 10.4. The Morgan fingerprint density at radius 3 is 2.04 bits per heavy atom. The van der Waals surface area contributed by atoms with Gasteiger partial charge in [-0.05, 0) is 24.3 Å². The van der Waals surface area contributed by atoms with Crippen LogP contribution in [0.1, 0.15) is 76.7 Å². The predicted molar refractivity (Wildman–Crippen MR) is 114 cm³/mol. The molecule has 0 amide bonds. The quantitative estimate of drug-likeness (QED) is 0.280. The summed E-state index contributed by atoms with van der Waals surface area (Å²) in [6.45, 7) is 4.33. The van der Waals surface area contributed by atoms with Crippen molar-refractivity contribution in [2.75, 3.05) is 6.61 Å². The lowest BCUT2D eigenvalue weighted by molar-refractivity contribution is 0.306. The predicted octanol–water partition coefficient (Wildman–Crippen LogP) is 6.77. The van der Waals surface area contributed by atoms with E-state index in [1.807, 2.05) is 43.3 Å². The van der Waals surface area contributed by atoms with Gasteiger partial charge in [-0.2, -0.15) is 8.42 Å². The first kappa shape index (κ1) is 21.9. The average Bonchev–Trinajstić information content (AvgIpc) is 2.65. The number of aryl methyl sites for hydroxylation is 1. The van der Waals surface area contributed by atoms with E-state index in [1.54, 1.807) is 0 Å². The lowest BCUT2D eigenvalue weighted by Crippen LogP contribution is -2.10. The number of hydrogen-bond acceptors (Lipinski definition) is 3. The van der Waals surface area contributed by atoms with Gasteiger partial charge in [-0.1, -0.05) is 101 Å². The largest absolute Gasteiger partial charge is 0.297 e. The second-order valence-corrected chi connectivity index (χ2v) is 8.94. The highest BCUT2D eigenvalue weighted by Crippen LogP contribution is 2.28.